The van der Waals surface area contributed by atoms with Crippen LogP contribution >= 0.6 is 27.5 Å². The number of anilines is 1. The quantitative estimate of drug-likeness (QED) is 0.376. The first-order valence-corrected chi connectivity index (χ1v) is 12.9. The number of nitrogens with zero attached hydrogens (tertiary/aromatic N) is 1. The van der Waals surface area contributed by atoms with Crippen LogP contribution in [0.4, 0.5) is 5.69 Å². The van der Waals surface area contributed by atoms with Crippen LogP contribution in [-0.2, 0) is 23.9 Å². The van der Waals surface area contributed by atoms with Gasteiger partial charge in [0.05, 0.1) is 47.9 Å². The van der Waals surface area contributed by atoms with E-state index in [-0.39, 0.29) is 29.9 Å². The van der Waals surface area contributed by atoms with E-state index in [4.69, 9.17) is 21.1 Å². The van der Waals surface area contributed by atoms with Crippen molar-refractivity contribution in [2.75, 3.05) is 18.5 Å². The molecule has 34 heavy (non-hydrogen) atoms. The molecule has 1 aromatic rings. The number of aliphatic hydroxyl groups is 1. The lowest BCUT2D eigenvalue weighted by molar-refractivity contribution is -0.155. The molecular weight excluding hydrogens is 528 g/mol. The molecular formula is C24H30BrClN2O6. The molecule has 0 aromatic heterocycles. The molecule has 7 atom stereocenters. The van der Waals surface area contributed by atoms with Crippen molar-refractivity contribution in [2.24, 2.45) is 17.8 Å². The highest BCUT2D eigenvalue weighted by atomic mass is 79.9. The van der Waals surface area contributed by atoms with Crippen LogP contribution in [0, 0.1) is 17.8 Å². The van der Waals surface area contributed by atoms with Gasteiger partial charge in [-0.3, -0.25) is 14.4 Å². The molecule has 3 fully saturated rings. The largest absolute Gasteiger partial charge is 0.466 e. The van der Waals surface area contributed by atoms with E-state index >= 15 is 0 Å². The fourth-order valence-electron chi connectivity index (χ4n) is 5.85. The maximum Gasteiger partial charge on any atom is 0.312 e. The summed E-state index contributed by atoms with van der Waals surface area (Å²) in [6, 6.07) is 5.20. The van der Waals surface area contributed by atoms with Crippen LogP contribution < -0.4 is 5.32 Å². The fraction of sp³-hybridized carbons (Fsp3) is 0.625. The van der Waals surface area contributed by atoms with Crippen molar-refractivity contribution in [2.45, 2.75) is 62.2 Å². The number of hydrogen-bond donors (Lipinski definition) is 2. The lowest BCUT2D eigenvalue weighted by atomic mass is 9.70. The molecule has 3 aliphatic heterocycles. The number of ether oxygens (including phenoxy) is 2. The van der Waals surface area contributed by atoms with Crippen molar-refractivity contribution in [1.82, 2.24) is 4.90 Å². The van der Waals surface area contributed by atoms with Gasteiger partial charge in [0.15, 0.2) is 0 Å². The number of alkyl halides is 1. The summed E-state index contributed by atoms with van der Waals surface area (Å²) in [6.45, 7) is 5.54. The van der Waals surface area contributed by atoms with Gasteiger partial charge in [0.1, 0.15) is 11.6 Å². The van der Waals surface area contributed by atoms with Gasteiger partial charge >= 0.3 is 5.97 Å². The Bertz CT molecular complexity index is 977. The number of rotatable bonds is 8. The highest BCUT2D eigenvalue weighted by Gasteiger charge is 2.77. The zero-order chi connectivity index (χ0) is 24.8. The minimum atomic E-state index is -1.22. The van der Waals surface area contributed by atoms with E-state index in [9.17, 15) is 19.5 Å². The van der Waals surface area contributed by atoms with Crippen molar-refractivity contribution in [3.05, 3.63) is 29.3 Å². The Hall–Kier alpha value is -1.68. The van der Waals surface area contributed by atoms with E-state index < -0.39 is 47.5 Å². The van der Waals surface area contributed by atoms with Crippen molar-refractivity contribution in [3.8, 4) is 0 Å². The molecule has 2 bridgehead atoms. The average Bonchev–Trinajstić information content (AvgIpc) is 3.37. The molecule has 2 amide bonds. The van der Waals surface area contributed by atoms with E-state index in [1.54, 1.807) is 31.2 Å². The number of likely N-dealkylation sites (tertiary alicyclic amines) is 1. The Morgan fingerprint density at radius 2 is 2.09 bits per heavy atom. The molecule has 0 radical (unpaired) electrons. The van der Waals surface area contributed by atoms with Crippen LogP contribution in [0.3, 0.4) is 0 Å². The molecule has 3 unspecified atom stereocenters. The molecule has 0 saturated carbocycles. The predicted molar refractivity (Wildman–Crippen MR) is 130 cm³/mol. The number of halogens is 2. The van der Waals surface area contributed by atoms with Crippen LogP contribution in [0.1, 0.15) is 33.6 Å². The Morgan fingerprint density at radius 1 is 1.38 bits per heavy atom. The summed E-state index contributed by atoms with van der Waals surface area (Å²) in [4.78, 5) is 41.9. The first-order chi connectivity index (χ1) is 16.2. The van der Waals surface area contributed by atoms with Gasteiger partial charge in [0.2, 0.25) is 11.8 Å². The molecule has 186 valence electrons. The van der Waals surface area contributed by atoms with Crippen molar-refractivity contribution in [1.29, 1.82) is 0 Å². The third kappa shape index (κ3) is 4.04. The summed E-state index contributed by atoms with van der Waals surface area (Å²) in [5.74, 6) is -2.86. The number of fused-ring (bicyclic) bond motifs is 1. The molecule has 0 aliphatic carbocycles. The third-order valence-electron chi connectivity index (χ3n) is 7.01. The molecule has 10 heteroatoms. The number of carbonyl (C=O) groups excluding carboxylic acids is 3. The number of hydrogen-bond acceptors (Lipinski definition) is 6. The van der Waals surface area contributed by atoms with Gasteiger partial charge in [-0.1, -0.05) is 53.5 Å². The van der Waals surface area contributed by atoms with Crippen molar-refractivity contribution < 1.29 is 29.0 Å². The number of esters is 1. The van der Waals surface area contributed by atoms with Crippen LogP contribution in [0.2, 0.25) is 5.02 Å². The van der Waals surface area contributed by atoms with Crippen LogP contribution in [0.5, 0.6) is 0 Å². The normalized spacial score (nSPS) is 32.7. The highest BCUT2D eigenvalue weighted by Crippen LogP contribution is 2.60. The minimum Gasteiger partial charge on any atom is -0.466 e. The topological polar surface area (TPSA) is 105 Å². The summed E-state index contributed by atoms with van der Waals surface area (Å²) in [5, 5.41) is 13.5. The van der Waals surface area contributed by atoms with E-state index in [0.717, 1.165) is 0 Å². The standard InChI is InChI=1S/C24H30BrClN2O6/c1-4-33-23(32)17-18-22(31)28(13(11-29)9-12(2)3)20(24(18)10-14(25)19(17)34-24)21(30)27-16-8-6-5-7-15(16)26/h5-8,12-14,17-20,29H,4,9-11H2,1-3H3,(H,27,30)/t13-,14?,17+,18+,19+,20?,24?/m1/s1. The molecule has 8 nitrogen and oxygen atoms in total. The summed E-state index contributed by atoms with van der Waals surface area (Å²) in [5.41, 5.74) is -0.806. The number of para-hydroxylation sites is 1. The maximum atomic E-state index is 13.9. The summed E-state index contributed by atoms with van der Waals surface area (Å²) < 4.78 is 11.7. The van der Waals surface area contributed by atoms with Gasteiger partial charge in [0, 0.05) is 4.83 Å². The van der Waals surface area contributed by atoms with Crippen LogP contribution in [0.25, 0.3) is 0 Å². The second kappa shape index (κ2) is 9.76. The van der Waals surface area contributed by atoms with Gasteiger partial charge < -0.3 is 24.8 Å². The van der Waals surface area contributed by atoms with Gasteiger partial charge in [-0.05, 0) is 37.8 Å². The SMILES string of the molecule is CCOC(=O)[C@H]1[C@H]2C(=O)N([C@@H](CO)CC(C)C)C(C(=O)Nc3ccccc3Cl)C23CC(Br)[C@@H]1O3. The summed E-state index contributed by atoms with van der Waals surface area (Å²) in [6.07, 6.45) is 0.288. The molecule has 3 aliphatic rings. The van der Waals surface area contributed by atoms with Gasteiger partial charge in [-0.25, -0.2) is 0 Å². The van der Waals surface area contributed by atoms with Gasteiger partial charge in [-0.15, -0.1) is 0 Å². The number of amides is 2. The predicted octanol–water partition coefficient (Wildman–Crippen LogP) is 3.00. The second-order valence-corrected chi connectivity index (χ2v) is 11.2. The summed E-state index contributed by atoms with van der Waals surface area (Å²) >= 11 is 9.89. The number of nitrogens with one attached hydrogen (secondary N) is 1. The summed E-state index contributed by atoms with van der Waals surface area (Å²) in [7, 11) is 0. The first-order valence-electron chi connectivity index (χ1n) is 11.6. The minimum absolute atomic E-state index is 0.164. The molecule has 3 heterocycles. The lowest BCUT2D eigenvalue weighted by Gasteiger charge is -2.37. The zero-order valence-corrected chi connectivity index (χ0v) is 21.7. The monoisotopic (exact) mass is 556 g/mol. The van der Waals surface area contributed by atoms with Crippen LogP contribution in [-0.4, -0.2) is 69.6 Å². The van der Waals surface area contributed by atoms with E-state index in [1.807, 2.05) is 13.8 Å². The Labute approximate surface area is 212 Å². The van der Waals surface area contributed by atoms with E-state index in [0.29, 0.717) is 23.6 Å². The lowest BCUT2D eigenvalue weighted by Crippen LogP contribution is -2.56. The van der Waals surface area contributed by atoms with Gasteiger partial charge in [-0.2, -0.15) is 0 Å². The Balaban J connectivity index is 1.78. The first kappa shape index (κ1) is 25.4. The number of carbonyl (C=O) groups is 3. The Kier molecular flexibility index (Phi) is 7.29. The molecule has 2 N–H and O–H groups in total. The zero-order valence-electron chi connectivity index (χ0n) is 19.4. The van der Waals surface area contributed by atoms with Gasteiger partial charge in [0.25, 0.3) is 0 Å². The highest BCUT2D eigenvalue weighted by molar-refractivity contribution is 9.09. The fourth-order valence-corrected chi connectivity index (χ4v) is 6.98. The molecule has 4 rings (SSSR count). The van der Waals surface area contributed by atoms with E-state index in [1.165, 1.54) is 4.90 Å². The van der Waals surface area contributed by atoms with E-state index in [2.05, 4.69) is 21.2 Å². The molecule has 3 saturated heterocycles. The third-order valence-corrected chi connectivity index (χ3v) is 8.19. The van der Waals surface area contributed by atoms with Crippen molar-refractivity contribution >= 4 is 51.0 Å². The maximum absolute atomic E-state index is 13.9. The molecule has 1 spiro atoms. The smallest absolute Gasteiger partial charge is 0.312 e. The van der Waals surface area contributed by atoms with Crippen molar-refractivity contribution in [3.63, 3.8) is 0 Å². The number of aliphatic hydroxyl groups excluding tert-OH is 1. The van der Waals surface area contributed by atoms with Crippen LogP contribution in [0.15, 0.2) is 24.3 Å². The Morgan fingerprint density at radius 3 is 2.71 bits per heavy atom. The average molecular weight is 558 g/mol. The second-order valence-electron chi connectivity index (χ2n) is 9.60. The number of benzene rings is 1. The molecule has 1 aromatic carbocycles.